The molecule has 2 fully saturated rings. The van der Waals surface area contributed by atoms with Crippen molar-refractivity contribution in [3.8, 4) is 5.75 Å². The Kier molecular flexibility index (Phi) is 6.32. The van der Waals surface area contributed by atoms with E-state index in [1.807, 2.05) is 37.4 Å². The quantitative estimate of drug-likeness (QED) is 0.503. The van der Waals surface area contributed by atoms with Gasteiger partial charge in [0.2, 0.25) is 0 Å². The molecule has 2 aliphatic heterocycles. The number of ether oxygens (including phenoxy) is 3. The lowest BCUT2D eigenvalue weighted by atomic mass is 10.1. The molecule has 2 saturated heterocycles. The summed E-state index contributed by atoms with van der Waals surface area (Å²) in [6, 6.07) is 9.85. The molecule has 2 aliphatic rings. The molecular formula is C18H27N3O3. The average Bonchev–Trinajstić information content (AvgIpc) is 3.18. The molecule has 2 atom stereocenters. The van der Waals surface area contributed by atoms with Crippen molar-refractivity contribution in [3.05, 3.63) is 30.3 Å². The highest BCUT2D eigenvalue weighted by Gasteiger charge is 2.32. The number of para-hydroxylation sites is 1. The molecule has 6 heteroatoms. The number of aliphatic imine (C=N–C) groups is 1. The molecule has 0 radical (unpaired) electrons. The number of guanidine groups is 1. The van der Waals surface area contributed by atoms with E-state index in [0.29, 0.717) is 19.8 Å². The third kappa shape index (κ3) is 4.61. The van der Waals surface area contributed by atoms with Crippen LogP contribution in [0.1, 0.15) is 12.8 Å². The molecular weight excluding hydrogens is 306 g/mol. The van der Waals surface area contributed by atoms with E-state index in [1.165, 1.54) is 0 Å². The zero-order valence-corrected chi connectivity index (χ0v) is 14.3. The maximum absolute atomic E-state index is 5.90. The minimum absolute atomic E-state index is 0.139. The summed E-state index contributed by atoms with van der Waals surface area (Å²) in [7, 11) is 1.82. The van der Waals surface area contributed by atoms with E-state index in [-0.39, 0.29) is 12.2 Å². The molecule has 0 saturated carbocycles. The van der Waals surface area contributed by atoms with Crippen molar-refractivity contribution in [2.75, 3.05) is 46.5 Å². The van der Waals surface area contributed by atoms with Gasteiger partial charge in [-0.05, 0) is 25.0 Å². The first-order valence-electron chi connectivity index (χ1n) is 8.73. The van der Waals surface area contributed by atoms with Crippen LogP contribution >= 0.6 is 0 Å². The van der Waals surface area contributed by atoms with Gasteiger partial charge >= 0.3 is 0 Å². The van der Waals surface area contributed by atoms with Crippen LogP contribution in [0.4, 0.5) is 0 Å². The fraction of sp³-hybridized carbons (Fsp3) is 0.611. The zero-order chi connectivity index (χ0) is 16.6. The van der Waals surface area contributed by atoms with Crippen molar-refractivity contribution in [1.82, 2.24) is 10.2 Å². The highest BCUT2D eigenvalue weighted by atomic mass is 16.5. The number of hydrogen-bond donors (Lipinski definition) is 1. The normalized spacial score (nSPS) is 24.9. The average molecular weight is 333 g/mol. The summed E-state index contributed by atoms with van der Waals surface area (Å²) in [6.45, 7) is 4.55. The van der Waals surface area contributed by atoms with Gasteiger partial charge in [0.25, 0.3) is 0 Å². The van der Waals surface area contributed by atoms with E-state index in [4.69, 9.17) is 14.2 Å². The van der Waals surface area contributed by atoms with Gasteiger partial charge in [0.05, 0.1) is 19.3 Å². The van der Waals surface area contributed by atoms with Gasteiger partial charge in [0.1, 0.15) is 18.5 Å². The van der Waals surface area contributed by atoms with Crippen LogP contribution in [0.3, 0.4) is 0 Å². The molecule has 2 heterocycles. The van der Waals surface area contributed by atoms with Crippen LogP contribution in [-0.2, 0) is 9.47 Å². The SMILES string of the molecule is CN=C(NCCOc1ccccc1)N1CCOC(C2CCCO2)C1. The Hall–Kier alpha value is -1.79. The maximum atomic E-state index is 5.90. The number of benzene rings is 1. The second-order valence-electron chi connectivity index (χ2n) is 6.04. The summed E-state index contributed by atoms with van der Waals surface area (Å²) in [6.07, 6.45) is 2.59. The van der Waals surface area contributed by atoms with Gasteiger partial charge in [0.15, 0.2) is 5.96 Å². The number of rotatable bonds is 5. The van der Waals surface area contributed by atoms with Crippen LogP contribution in [0.2, 0.25) is 0 Å². The lowest BCUT2D eigenvalue weighted by molar-refractivity contribution is -0.0817. The Morgan fingerprint density at radius 3 is 2.83 bits per heavy atom. The van der Waals surface area contributed by atoms with Crippen molar-refractivity contribution in [2.45, 2.75) is 25.0 Å². The summed E-state index contributed by atoms with van der Waals surface area (Å²) in [5.41, 5.74) is 0. The Bertz CT molecular complexity index is 518. The van der Waals surface area contributed by atoms with Gasteiger partial charge in [0, 0.05) is 26.7 Å². The smallest absolute Gasteiger partial charge is 0.193 e. The van der Waals surface area contributed by atoms with Gasteiger partial charge in [-0.3, -0.25) is 4.99 Å². The zero-order valence-electron chi connectivity index (χ0n) is 14.3. The summed E-state index contributed by atoms with van der Waals surface area (Å²) in [4.78, 5) is 6.65. The first-order valence-corrected chi connectivity index (χ1v) is 8.73. The topological polar surface area (TPSA) is 55.3 Å². The molecule has 0 aromatic heterocycles. The molecule has 2 unspecified atom stereocenters. The number of nitrogens with one attached hydrogen (secondary N) is 1. The molecule has 1 aromatic carbocycles. The predicted molar refractivity (Wildman–Crippen MR) is 93.6 cm³/mol. The Labute approximate surface area is 143 Å². The minimum Gasteiger partial charge on any atom is -0.492 e. The van der Waals surface area contributed by atoms with E-state index in [0.717, 1.165) is 44.2 Å². The molecule has 1 N–H and O–H groups in total. The minimum atomic E-state index is 0.139. The van der Waals surface area contributed by atoms with E-state index >= 15 is 0 Å². The van der Waals surface area contributed by atoms with Crippen molar-refractivity contribution in [1.29, 1.82) is 0 Å². The highest BCUT2D eigenvalue weighted by Crippen LogP contribution is 2.21. The molecule has 132 valence electrons. The van der Waals surface area contributed by atoms with Crippen molar-refractivity contribution < 1.29 is 14.2 Å². The lowest BCUT2D eigenvalue weighted by Crippen LogP contribution is -2.53. The Morgan fingerprint density at radius 1 is 1.25 bits per heavy atom. The van der Waals surface area contributed by atoms with Crippen molar-refractivity contribution >= 4 is 5.96 Å². The summed E-state index contributed by atoms with van der Waals surface area (Å²) < 4.78 is 17.4. The molecule has 24 heavy (non-hydrogen) atoms. The highest BCUT2D eigenvalue weighted by molar-refractivity contribution is 5.80. The largest absolute Gasteiger partial charge is 0.492 e. The van der Waals surface area contributed by atoms with Gasteiger partial charge in [-0.15, -0.1) is 0 Å². The third-order valence-corrected chi connectivity index (χ3v) is 4.38. The second kappa shape index (κ2) is 8.89. The Morgan fingerprint density at radius 2 is 2.08 bits per heavy atom. The van der Waals surface area contributed by atoms with E-state index in [9.17, 15) is 0 Å². The monoisotopic (exact) mass is 333 g/mol. The fourth-order valence-corrected chi connectivity index (χ4v) is 3.17. The van der Waals surface area contributed by atoms with Crippen LogP contribution in [0.25, 0.3) is 0 Å². The molecule has 0 amide bonds. The predicted octanol–water partition coefficient (Wildman–Crippen LogP) is 1.52. The molecule has 0 bridgehead atoms. The van der Waals surface area contributed by atoms with E-state index < -0.39 is 0 Å². The van der Waals surface area contributed by atoms with Crippen molar-refractivity contribution in [2.24, 2.45) is 4.99 Å². The van der Waals surface area contributed by atoms with E-state index in [2.05, 4.69) is 15.2 Å². The van der Waals surface area contributed by atoms with Gasteiger partial charge in [-0.25, -0.2) is 0 Å². The summed E-state index contributed by atoms with van der Waals surface area (Å²) in [5, 5.41) is 3.38. The Balaban J connectivity index is 1.43. The molecule has 6 nitrogen and oxygen atoms in total. The van der Waals surface area contributed by atoms with Crippen LogP contribution < -0.4 is 10.1 Å². The molecule has 0 spiro atoms. The molecule has 0 aliphatic carbocycles. The lowest BCUT2D eigenvalue weighted by Gasteiger charge is -2.37. The fourth-order valence-electron chi connectivity index (χ4n) is 3.17. The first kappa shape index (κ1) is 17.0. The first-order chi connectivity index (χ1) is 11.9. The van der Waals surface area contributed by atoms with Crippen LogP contribution in [0.15, 0.2) is 35.3 Å². The summed E-state index contributed by atoms with van der Waals surface area (Å²) >= 11 is 0. The maximum Gasteiger partial charge on any atom is 0.193 e. The number of nitrogens with zero attached hydrogens (tertiary/aromatic N) is 2. The second-order valence-corrected chi connectivity index (χ2v) is 6.04. The number of morpholine rings is 1. The van der Waals surface area contributed by atoms with Crippen LogP contribution in [0, 0.1) is 0 Å². The third-order valence-electron chi connectivity index (χ3n) is 4.38. The number of hydrogen-bond acceptors (Lipinski definition) is 4. The van der Waals surface area contributed by atoms with Crippen LogP contribution in [0.5, 0.6) is 5.75 Å². The van der Waals surface area contributed by atoms with Crippen LogP contribution in [-0.4, -0.2) is 69.6 Å². The molecule has 1 aromatic rings. The van der Waals surface area contributed by atoms with Crippen molar-refractivity contribution in [3.63, 3.8) is 0 Å². The summed E-state index contributed by atoms with van der Waals surface area (Å²) in [5.74, 6) is 1.79. The van der Waals surface area contributed by atoms with Gasteiger partial charge in [-0.2, -0.15) is 0 Å². The van der Waals surface area contributed by atoms with E-state index in [1.54, 1.807) is 0 Å². The van der Waals surface area contributed by atoms with Gasteiger partial charge in [-0.1, -0.05) is 18.2 Å². The standard InChI is InChI=1S/C18H27N3O3/c1-19-18(20-9-12-22-15-6-3-2-4-7-15)21-10-13-24-17(14-21)16-8-5-11-23-16/h2-4,6-7,16-17H,5,8-14H2,1H3,(H,19,20). The van der Waals surface area contributed by atoms with Gasteiger partial charge < -0.3 is 24.4 Å². The molecule has 3 rings (SSSR count).